The van der Waals surface area contributed by atoms with Crippen molar-refractivity contribution in [3.05, 3.63) is 33.8 Å². The standard InChI is InChI=1S/C17H18Cl2N2O5/c1-8(2)26-17(24)21-14(10-6-5-7-11(18)13(10)19)12(15(22)25-4)9(3)20-16(21)23/h5-8,12,14H,1-4H3. The van der Waals surface area contributed by atoms with E-state index in [1.807, 2.05) is 0 Å². The van der Waals surface area contributed by atoms with Gasteiger partial charge >= 0.3 is 18.1 Å². The Labute approximate surface area is 160 Å². The zero-order valence-corrected chi connectivity index (χ0v) is 16.2. The molecule has 26 heavy (non-hydrogen) atoms. The Kier molecular flexibility index (Phi) is 6.26. The highest BCUT2D eigenvalue weighted by atomic mass is 35.5. The molecule has 1 aliphatic heterocycles. The van der Waals surface area contributed by atoms with E-state index < -0.39 is 36.2 Å². The van der Waals surface area contributed by atoms with Crippen molar-refractivity contribution in [3.8, 4) is 0 Å². The number of amides is 3. The van der Waals surface area contributed by atoms with Crippen molar-refractivity contribution in [2.24, 2.45) is 10.9 Å². The van der Waals surface area contributed by atoms with Gasteiger partial charge in [0.15, 0.2) is 0 Å². The molecule has 1 aliphatic rings. The van der Waals surface area contributed by atoms with Gasteiger partial charge in [-0.2, -0.15) is 0 Å². The van der Waals surface area contributed by atoms with Gasteiger partial charge in [-0.25, -0.2) is 19.5 Å². The van der Waals surface area contributed by atoms with E-state index in [1.165, 1.54) is 14.0 Å². The molecule has 0 fully saturated rings. The second-order valence-corrected chi connectivity index (χ2v) is 6.71. The third-order valence-electron chi connectivity index (χ3n) is 3.81. The molecule has 0 spiro atoms. The fourth-order valence-corrected chi connectivity index (χ4v) is 3.13. The van der Waals surface area contributed by atoms with Crippen molar-refractivity contribution in [2.45, 2.75) is 32.9 Å². The molecular formula is C17H18Cl2N2O5. The molecule has 7 nitrogen and oxygen atoms in total. The van der Waals surface area contributed by atoms with Crippen LogP contribution in [0.5, 0.6) is 0 Å². The first-order valence-electron chi connectivity index (χ1n) is 7.79. The van der Waals surface area contributed by atoms with Crippen LogP contribution in [-0.4, -0.2) is 41.9 Å². The van der Waals surface area contributed by atoms with E-state index in [1.54, 1.807) is 32.0 Å². The summed E-state index contributed by atoms with van der Waals surface area (Å²) in [6.45, 7) is 4.79. The van der Waals surface area contributed by atoms with Crippen LogP contribution in [0.15, 0.2) is 23.2 Å². The summed E-state index contributed by atoms with van der Waals surface area (Å²) in [5.41, 5.74) is 0.523. The maximum atomic E-state index is 12.5. The van der Waals surface area contributed by atoms with Gasteiger partial charge in [-0.1, -0.05) is 35.3 Å². The number of aliphatic imine (C=N–C) groups is 1. The highest BCUT2D eigenvalue weighted by Gasteiger charge is 2.47. The van der Waals surface area contributed by atoms with Gasteiger partial charge in [0.2, 0.25) is 0 Å². The topological polar surface area (TPSA) is 85.3 Å². The smallest absolute Gasteiger partial charge is 0.418 e. The lowest BCUT2D eigenvalue weighted by Crippen LogP contribution is -2.50. The molecule has 0 saturated carbocycles. The summed E-state index contributed by atoms with van der Waals surface area (Å²) in [7, 11) is 1.21. The lowest BCUT2D eigenvalue weighted by molar-refractivity contribution is -0.144. The molecule has 3 amide bonds. The molecule has 0 saturated heterocycles. The number of nitrogens with zero attached hydrogens (tertiary/aromatic N) is 2. The number of carbonyl (C=O) groups excluding carboxylic acids is 3. The fourth-order valence-electron chi connectivity index (χ4n) is 2.71. The summed E-state index contributed by atoms with van der Waals surface area (Å²) < 4.78 is 9.99. The summed E-state index contributed by atoms with van der Waals surface area (Å²) in [6, 6.07) is 2.80. The van der Waals surface area contributed by atoms with E-state index >= 15 is 0 Å². The Bertz CT molecular complexity index is 778. The minimum absolute atomic E-state index is 0.123. The van der Waals surface area contributed by atoms with E-state index in [0.29, 0.717) is 5.56 Å². The number of benzene rings is 1. The lowest BCUT2D eigenvalue weighted by atomic mass is 9.87. The molecule has 0 aromatic heterocycles. The van der Waals surface area contributed by atoms with E-state index in [9.17, 15) is 14.4 Å². The summed E-state index contributed by atoms with van der Waals surface area (Å²) >= 11 is 12.4. The molecule has 0 aliphatic carbocycles. The van der Waals surface area contributed by atoms with Gasteiger partial charge in [0.25, 0.3) is 0 Å². The number of methoxy groups -OCH3 is 1. The van der Waals surface area contributed by atoms with Crippen molar-refractivity contribution >= 4 is 47.0 Å². The molecule has 1 heterocycles. The van der Waals surface area contributed by atoms with Crippen molar-refractivity contribution in [2.75, 3.05) is 7.11 Å². The number of carbonyl (C=O) groups is 3. The van der Waals surface area contributed by atoms with Crippen molar-refractivity contribution in [1.29, 1.82) is 0 Å². The highest BCUT2D eigenvalue weighted by molar-refractivity contribution is 6.42. The molecule has 2 rings (SSSR count). The number of hydrogen-bond donors (Lipinski definition) is 0. The second kappa shape index (κ2) is 8.05. The predicted octanol–water partition coefficient (Wildman–Crippen LogP) is 4.27. The molecule has 1 aromatic rings. The van der Waals surface area contributed by atoms with Gasteiger partial charge in [0.05, 0.1) is 29.3 Å². The number of ether oxygens (including phenoxy) is 2. The molecule has 2 atom stereocenters. The van der Waals surface area contributed by atoms with Crippen molar-refractivity contribution < 1.29 is 23.9 Å². The monoisotopic (exact) mass is 400 g/mol. The number of esters is 1. The zero-order chi connectivity index (χ0) is 19.6. The minimum atomic E-state index is -1.09. The van der Waals surface area contributed by atoms with E-state index in [0.717, 1.165) is 4.90 Å². The first-order valence-corrected chi connectivity index (χ1v) is 8.55. The third-order valence-corrected chi connectivity index (χ3v) is 4.64. The first kappa shape index (κ1) is 20.2. The van der Waals surface area contributed by atoms with Gasteiger partial charge < -0.3 is 9.47 Å². The number of urea groups is 1. The Morgan fingerprint density at radius 1 is 1.27 bits per heavy atom. The number of imide groups is 1. The normalized spacial score (nSPS) is 20.0. The Morgan fingerprint density at radius 3 is 2.50 bits per heavy atom. The maximum Gasteiger partial charge on any atom is 0.418 e. The van der Waals surface area contributed by atoms with Crippen LogP contribution in [0.1, 0.15) is 32.4 Å². The molecule has 0 N–H and O–H groups in total. The van der Waals surface area contributed by atoms with Crippen LogP contribution in [0.3, 0.4) is 0 Å². The second-order valence-electron chi connectivity index (χ2n) is 5.93. The predicted molar refractivity (Wildman–Crippen MR) is 96.7 cm³/mol. The largest absolute Gasteiger partial charge is 0.468 e. The van der Waals surface area contributed by atoms with Crippen LogP contribution >= 0.6 is 23.2 Å². The van der Waals surface area contributed by atoms with E-state index in [2.05, 4.69) is 4.99 Å². The number of rotatable bonds is 3. The Morgan fingerprint density at radius 2 is 1.92 bits per heavy atom. The van der Waals surface area contributed by atoms with Gasteiger partial charge in [-0.3, -0.25) is 4.79 Å². The Hall–Kier alpha value is -2.12. The fraction of sp³-hybridized carbons (Fsp3) is 0.412. The van der Waals surface area contributed by atoms with Crippen LogP contribution in [-0.2, 0) is 14.3 Å². The summed E-state index contributed by atoms with van der Waals surface area (Å²) in [5.74, 6) is -1.70. The van der Waals surface area contributed by atoms with Gasteiger partial charge in [-0.15, -0.1) is 0 Å². The quantitative estimate of drug-likeness (QED) is 0.707. The lowest BCUT2D eigenvalue weighted by Gasteiger charge is -2.36. The summed E-state index contributed by atoms with van der Waals surface area (Å²) in [6.07, 6.45) is -1.41. The molecule has 9 heteroatoms. The SMILES string of the molecule is COC(=O)C1C(C)=NC(=O)N(C(=O)OC(C)C)C1c1cccc(Cl)c1Cl. The van der Waals surface area contributed by atoms with Gasteiger partial charge in [0.1, 0.15) is 5.92 Å². The van der Waals surface area contributed by atoms with E-state index in [4.69, 9.17) is 32.7 Å². The zero-order valence-electron chi connectivity index (χ0n) is 14.7. The van der Waals surface area contributed by atoms with Crippen LogP contribution in [0.25, 0.3) is 0 Å². The molecule has 0 radical (unpaired) electrons. The van der Waals surface area contributed by atoms with Gasteiger partial charge in [0, 0.05) is 5.71 Å². The van der Waals surface area contributed by atoms with Crippen molar-refractivity contribution in [3.63, 3.8) is 0 Å². The number of hydrogen-bond acceptors (Lipinski definition) is 5. The number of halogens is 2. The molecule has 140 valence electrons. The molecule has 2 unspecified atom stereocenters. The Balaban J connectivity index is 2.67. The summed E-state index contributed by atoms with van der Waals surface area (Å²) in [4.78, 5) is 42.0. The summed E-state index contributed by atoms with van der Waals surface area (Å²) in [5, 5.41) is 0.343. The maximum absolute atomic E-state index is 12.5. The average Bonchev–Trinajstić information content (AvgIpc) is 2.55. The minimum Gasteiger partial charge on any atom is -0.468 e. The van der Waals surface area contributed by atoms with Crippen molar-refractivity contribution in [1.82, 2.24) is 4.90 Å². The van der Waals surface area contributed by atoms with E-state index in [-0.39, 0.29) is 15.8 Å². The third kappa shape index (κ3) is 3.83. The van der Waals surface area contributed by atoms with Gasteiger partial charge in [-0.05, 0) is 32.4 Å². The first-order chi connectivity index (χ1) is 12.2. The molecular weight excluding hydrogens is 383 g/mol. The van der Waals surface area contributed by atoms with Crippen LogP contribution < -0.4 is 0 Å². The molecule has 1 aromatic carbocycles. The highest BCUT2D eigenvalue weighted by Crippen LogP contribution is 2.40. The van der Waals surface area contributed by atoms with Crippen LogP contribution in [0, 0.1) is 5.92 Å². The molecule has 0 bridgehead atoms. The van der Waals surface area contributed by atoms with Crippen LogP contribution in [0.2, 0.25) is 10.0 Å². The average molecular weight is 401 g/mol. The van der Waals surface area contributed by atoms with Crippen LogP contribution in [0.4, 0.5) is 9.59 Å².